The van der Waals surface area contributed by atoms with Gasteiger partial charge in [0.1, 0.15) is 5.78 Å². The molecule has 0 fully saturated rings. The molecule has 0 saturated heterocycles. The van der Waals surface area contributed by atoms with Crippen molar-refractivity contribution in [3.63, 3.8) is 0 Å². The quantitative estimate of drug-likeness (QED) is 0.0938. The van der Waals surface area contributed by atoms with Crippen LogP contribution in [-0.2, 0) is 52.3 Å². The van der Waals surface area contributed by atoms with Crippen molar-refractivity contribution in [1.29, 1.82) is 0 Å². The molecule has 0 spiro atoms. The van der Waals surface area contributed by atoms with E-state index in [1.54, 1.807) is 4.90 Å². The summed E-state index contributed by atoms with van der Waals surface area (Å²) in [5.74, 6) is -0.0605. The van der Waals surface area contributed by atoms with E-state index >= 15 is 0 Å². The first-order valence-electron chi connectivity index (χ1n) is 14.8. The Morgan fingerprint density at radius 1 is 0.548 bits per heavy atom. The largest absolute Gasteiger partial charge is 0.379 e. The van der Waals surface area contributed by atoms with Crippen LogP contribution in [0.15, 0.2) is 0 Å². The minimum atomic E-state index is -0.0943. The molecule has 0 aliphatic carbocycles. The summed E-state index contributed by atoms with van der Waals surface area (Å²) in [4.78, 5) is 36.2. The average Bonchev–Trinajstić information content (AvgIpc) is 2.96. The summed E-state index contributed by atoms with van der Waals surface area (Å²) in [5, 5.41) is 5.64. The number of rotatable bonds is 33. The molecule has 0 aromatic carbocycles. The molecule has 0 radical (unpaired) electrons. The summed E-state index contributed by atoms with van der Waals surface area (Å²) in [6, 6.07) is 0. The second-order valence-corrected chi connectivity index (χ2v) is 8.98. The van der Waals surface area contributed by atoms with Gasteiger partial charge in [-0.1, -0.05) is 0 Å². The van der Waals surface area contributed by atoms with Crippen LogP contribution < -0.4 is 10.6 Å². The molecule has 0 aromatic rings. The Kier molecular flexibility index (Phi) is 30.8. The van der Waals surface area contributed by atoms with Crippen LogP contribution in [0, 0.1) is 0 Å². The Bertz CT molecular complexity index is 644. The highest BCUT2D eigenvalue weighted by atomic mass is 16.6. The number of ketones is 1. The number of hydrogen-bond donors (Lipinski definition) is 2. The lowest BCUT2D eigenvalue weighted by molar-refractivity contribution is -0.134. The molecule has 0 heterocycles. The van der Waals surface area contributed by atoms with Crippen molar-refractivity contribution in [1.82, 2.24) is 15.5 Å². The van der Waals surface area contributed by atoms with Crippen molar-refractivity contribution < 1.29 is 52.3 Å². The van der Waals surface area contributed by atoms with Crippen LogP contribution in [0.3, 0.4) is 0 Å². The Morgan fingerprint density at radius 3 is 1.45 bits per heavy atom. The predicted molar refractivity (Wildman–Crippen MR) is 156 cm³/mol. The van der Waals surface area contributed by atoms with E-state index in [9.17, 15) is 14.4 Å². The van der Waals surface area contributed by atoms with Crippen molar-refractivity contribution in [3.8, 4) is 0 Å². The van der Waals surface area contributed by atoms with E-state index in [2.05, 4.69) is 10.6 Å². The fraction of sp³-hybridized carbons (Fsp3) is 0.893. The van der Waals surface area contributed by atoms with E-state index in [1.807, 2.05) is 6.92 Å². The third-order valence-corrected chi connectivity index (χ3v) is 5.31. The van der Waals surface area contributed by atoms with Crippen LogP contribution in [0.2, 0.25) is 0 Å². The molecule has 14 heteroatoms. The standard InChI is InChI=1S/C28H55N3O11/c1-4-35-15-16-41-23-24-42-22-17-36-10-5-28(34)31(9-14-40-21-19-38-12-7-30-27(3)33)8-13-39-20-18-37-11-6-29-25-26(2)32/h29H,4-25H2,1-3H3,(H,30,33). The SMILES string of the molecule is CCOCCOCCOCCOCCC(=O)N(CCOCCOCCNCC(C)=O)CCOCCOCCNC(C)=O. The van der Waals surface area contributed by atoms with Gasteiger partial charge in [-0.05, 0) is 13.8 Å². The number of ether oxygens (including phenoxy) is 8. The molecular formula is C28H55N3O11. The van der Waals surface area contributed by atoms with Crippen LogP contribution in [0.4, 0.5) is 0 Å². The van der Waals surface area contributed by atoms with E-state index < -0.39 is 0 Å². The molecule has 0 saturated carbocycles. The van der Waals surface area contributed by atoms with Crippen molar-refractivity contribution in [2.75, 3.05) is 138 Å². The predicted octanol–water partition coefficient (Wildman–Crippen LogP) is -0.327. The van der Waals surface area contributed by atoms with E-state index in [-0.39, 0.29) is 24.0 Å². The lowest BCUT2D eigenvalue weighted by Crippen LogP contribution is -2.37. The van der Waals surface area contributed by atoms with Crippen LogP contribution in [-0.4, -0.2) is 161 Å². The Hall–Kier alpha value is -1.75. The number of nitrogens with one attached hydrogen (secondary N) is 2. The topological polar surface area (TPSA) is 152 Å². The molecule has 0 bridgehead atoms. The maximum absolute atomic E-state index is 12.8. The number of amides is 2. The van der Waals surface area contributed by atoms with E-state index in [0.717, 1.165) is 0 Å². The number of Topliss-reactive ketones (excluding diaryl/α,β-unsaturated/α-hetero) is 1. The van der Waals surface area contributed by atoms with Gasteiger partial charge >= 0.3 is 0 Å². The van der Waals surface area contributed by atoms with Crippen molar-refractivity contribution in [2.45, 2.75) is 27.2 Å². The highest BCUT2D eigenvalue weighted by molar-refractivity contribution is 5.77. The van der Waals surface area contributed by atoms with E-state index in [0.29, 0.717) is 138 Å². The van der Waals surface area contributed by atoms with E-state index in [4.69, 9.17) is 37.9 Å². The molecule has 0 aromatic heterocycles. The zero-order valence-electron chi connectivity index (χ0n) is 26.0. The number of carbonyl (C=O) groups is 3. The maximum Gasteiger partial charge on any atom is 0.225 e. The third-order valence-electron chi connectivity index (χ3n) is 5.31. The van der Waals surface area contributed by atoms with Gasteiger partial charge < -0.3 is 53.4 Å². The van der Waals surface area contributed by atoms with Crippen molar-refractivity contribution >= 4 is 17.6 Å². The number of nitrogens with zero attached hydrogens (tertiary/aromatic N) is 1. The molecule has 0 aliphatic heterocycles. The second-order valence-electron chi connectivity index (χ2n) is 8.98. The van der Waals surface area contributed by atoms with Gasteiger partial charge in [0.05, 0.1) is 112 Å². The minimum absolute atomic E-state index is 0.0508. The van der Waals surface area contributed by atoms with Gasteiger partial charge in [-0.25, -0.2) is 0 Å². The van der Waals surface area contributed by atoms with Crippen LogP contribution in [0.5, 0.6) is 0 Å². The highest BCUT2D eigenvalue weighted by Crippen LogP contribution is 1.98. The van der Waals surface area contributed by atoms with Crippen molar-refractivity contribution in [2.24, 2.45) is 0 Å². The Labute approximate surface area is 251 Å². The molecule has 0 atom stereocenters. The fourth-order valence-corrected chi connectivity index (χ4v) is 3.18. The highest BCUT2D eigenvalue weighted by Gasteiger charge is 2.13. The first kappa shape index (κ1) is 40.2. The monoisotopic (exact) mass is 609 g/mol. The van der Waals surface area contributed by atoms with Gasteiger partial charge in [0, 0.05) is 39.7 Å². The smallest absolute Gasteiger partial charge is 0.225 e. The number of hydrogen-bond acceptors (Lipinski definition) is 12. The first-order chi connectivity index (χ1) is 20.5. The molecule has 248 valence electrons. The summed E-state index contributed by atoms with van der Waals surface area (Å²) in [6.45, 7) is 14.3. The van der Waals surface area contributed by atoms with Crippen LogP contribution in [0.1, 0.15) is 27.2 Å². The zero-order chi connectivity index (χ0) is 30.9. The Balaban J connectivity index is 4.09. The molecule has 14 nitrogen and oxygen atoms in total. The van der Waals surface area contributed by atoms with Crippen LogP contribution >= 0.6 is 0 Å². The maximum atomic E-state index is 12.8. The molecule has 42 heavy (non-hydrogen) atoms. The summed E-state index contributed by atoms with van der Waals surface area (Å²) < 4.78 is 43.7. The minimum Gasteiger partial charge on any atom is -0.379 e. The average molecular weight is 610 g/mol. The van der Waals surface area contributed by atoms with Gasteiger partial charge in [0.2, 0.25) is 11.8 Å². The van der Waals surface area contributed by atoms with Crippen LogP contribution in [0.25, 0.3) is 0 Å². The lowest BCUT2D eigenvalue weighted by Gasteiger charge is -2.23. The van der Waals surface area contributed by atoms with Gasteiger partial charge in [-0.2, -0.15) is 0 Å². The molecule has 2 N–H and O–H groups in total. The van der Waals surface area contributed by atoms with Gasteiger partial charge in [0.25, 0.3) is 0 Å². The van der Waals surface area contributed by atoms with E-state index in [1.165, 1.54) is 13.8 Å². The first-order valence-corrected chi connectivity index (χ1v) is 14.8. The fourth-order valence-electron chi connectivity index (χ4n) is 3.18. The summed E-state index contributed by atoms with van der Waals surface area (Å²) in [6.07, 6.45) is 0.239. The third kappa shape index (κ3) is 31.2. The number of carbonyl (C=O) groups excluding carboxylic acids is 3. The van der Waals surface area contributed by atoms with Gasteiger partial charge in [-0.3, -0.25) is 14.4 Å². The van der Waals surface area contributed by atoms with Crippen molar-refractivity contribution in [3.05, 3.63) is 0 Å². The van der Waals surface area contributed by atoms with Gasteiger partial charge in [-0.15, -0.1) is 0 Å². The zero-order valence-corrected chi connectivity index (χ0v) is 26.0. The molecular weight excluding hydrogens is 554 g/mol. The van der Waals surface area contributed by atoms with Gasteiger partial charge in [0.15, 0.2) is 0 Å². The second kappa shape index (κ2) is 32.2. The lowest BCUT2D eigenvalue weighted by atomic mass is 10.3. The summed E-state index contributed by atoms with van der Waals surface area (Å²) in [5.41, 5.74) is 0. The molecule has 0 unspecified atom stereocenters. The summed E-state index contributed by atoms with van der Waals surface area (Å²) in [7, 11) is 0. The Morgan fingerprint density at radius 2 is 0.976 bits per heavy atom. The molecule has 0 aliphatic rings. The molecule has 0 rings (SSSR count). The summed E-state index contributed by atoms with van der Waals surface area (Å²) >= 11 is 0. The molecule has 2 amide bonds. The normalized spacial score (nSPS) is 11.1.